The summed E-state index contributed by atoms with van der Waals surface area (Å²) >= 11 is 0. The van der Waals surface area contributed by atoms with Gasteiger partial charge < -0.3 is 9.64 Å². The molecule has 0 saturated carbocycles. The molecular weight excluding hydrogens is 162 g/mol. The molecule has 0 radical (unpaired) electrons. The molecule has 0 aliphatic carbocycles. The second-order valence-electron chi connectivity index (χ2n) is 2.42. The summed E-state index contributed by atoms with van der Waals surface area (Å²) in [6, 6.07) is 0. The van der Waals surface area contributed by atoms with Crippen LogP contribution in [0.1, 0.15) is 41.0 Å². The Morgan fingerprint density at radius 1 is 0.923 bits per heavy atom. The minimum Gasteiger partial charge on any atom is -0.380 e. The number of nitrogens with zero attached hydrogens (tertiary/aromatic N) is 1. The molecule has 2 heteroatoms. The van der Waals surface area contributed by atoms with Gasteiger partial charge in [0.1, 0.15) is 0 Å². The first-order chi connectivity index (χ1) is 6.27. The van der Waals surface area contributed by atoms with E-state index in [1.54, 1.807) is 0 Å². The molecule has 0 aromatic rings. The Labute approximate surface area is 85.3 Å². The third-order valence-electron chi connectivity index (χ3n) is 1.03. The van der Waals surface area contributed by atoms with Gasteiger partial charge in [-0.3, -0.25) is 0 Å². The topological polar surface area (TPSA) is 12.5 Å². The molecular formula is C11H29NO. The van der Waals surface area contributed by atoms with Gasteiger partial charge in [0.25, 0.3) is 0 Å². The zero-order valence-electron chi connectivity index (χ0n) is 10.7. The molecule has 0 fully saturated rings. The molecule has 0 atom stereocenters. The van der Waals surface area contributed by atoms with Crippen molar-refractivity contribution in [2.45, 2.75) is 41.0 Å². The maximum Gasteiger partial charge on any atom is 0.0593 e. The van der Waals surface area contributed by atoms with Gasteiger partial charge in [0.15, 0.2) is 0 Å². The van der Waals surface area contributed by atoms with Crippen molar-refractivity contribution < 1.29 is 4.74 Å². The van der Waals surface area contributed by atoms with Gasteiger partial charge in [0.05, 0.1) is 6.61 Å². The third-order valence-corrected chi connectivity index (χ3v) is 1.03. The summed E-state index contributed by atoms with van der Waals surface area (Å²) in [5, 5.41) is 0. The molecule has 0 aromatic carbocycles. The molecule has 0 unspecified atom stereocenters. The van der Waals surface area contributed by atoms with Crippen LogP contribution in [-0.2, 0) is 4.74 Å². The summed E-state index contributed by atoms with van der Waals surface area (Å²) < 4.78 is 5.25. The fraction of sp³-hybridized carbons (Fsp3) is 1.00. The van der Waals surface area contributed by atoms with Crippen molar-refractivity contribution in [1.82, 2.24) is 4.90 Å². The van der Waals surface area contributed by atoms with Crippen molar-refractivity contribution in [1.29, 1.82) is 0 Å². The Kier molecular flexibility index (Phi) is 32.5. The first-order valence-corrected chi connectivity index (χ1v) is 5.50. The summed E-state index contributed by atoms with van der Waals surface area (Å²) in [5.41, 5.74) is 0. The van der Waals surface area contributed by atoms with E-state index in [1.165, 1.54) is 0 Å². The van der Waals surface area contributed by atoms with E-state index in [4.69, 9.17) is 4.74 Å². The van der Waals surface area contributed by atoms with Gasteiger partial charge in [-0.15, -0.1) is 0 Å². The lowest BCUT2D eigenvalue weighted by atomic mass is 10.5. The van der Waals surface area contributed by atoms with Gasteiger partial charge in [0.2, 0.25) is 0 Å². The van der Waals surface area contributed by atoms with Crippen LogP contribution in [0.5, 0.6) is 0 Å². The van der Waals surface area contributed by atoms with Gasteiger partial charge in [-0.25, -0.2) is 0 Å². The minimum atomic E-state index is 0.862. The van der Waals surface area contributed by atoms with Crippen LogP contribution in [0.4, 0.5) is 0 Å². The largest absolute Gasteiger partial charge is 0.380 e. The summed E-state index contributed by atoms with van der Waals surface area (Å²) in [4.78, 5) is 2.12. The summed E-state index contributed by atoms with van der Waals surface area (Å²) in [5.74, 6) is 0. The lowest BCUT2D eigenvalue weighted by Gasteiger charge is -2.08. The Hall–Kier alpha value is -0.0800. The molecule has 0 spiro atoms. The summed E-state index contributed by atoms with van der Waals surface area (Å²) in [7, 11) is 4.10. The number of rotatable bonds is 5. The highest BCUT2D eigenvalue weighted by Crippen LogP contribution is 1.80. The first kappa shape index (κ1) is 18.7. The Morgan fingerprint density at radius 3 is 1.69 bits per heavy atom. The maximum atomic E-state index is 5.25. The van der Waals surface area contributed by atoms with E-state index in [0.29, 0.717) is 0 Å². The molecule has 0 aliphatic heterocycles. The third kappa shape index (κ3) is 33.5. The summed E-state index contributed by atoms with van der Waals surface area (Å²) in [6.07, 6.45) is 1.12. The van der Waals surface area contributed by atoms with Crippen LogP contribution in [0, 0.1) is 0 Å². The van der Waals surface area contributed by atoms with Crippen LogP contribution in [0.25, 0.3) is 0 Å². The van der Waals surface area contributed by atoms with Crippen LogP contribution >= 0.6 is 0 Å². The molecule has 0 rings (SSSR count). The van der Waals surface area contributed by atoms with E-state index in [-0.39, 0.29) is 0 Å². The standard InChI is InChI=1S/C7H17NO.2C2H6/c1-4-6-9-7-5-8(2)3;2*1-2/h4-7H2,1-3H3;2*1-2H3. The SMILES string of the molecule is CC.CC.CCCOCCN(C)C. The van der Waals surface area contributed by atoms with Crippen LogP contribution in [0.15, 0.2) is 0 Å². The fourth-order valence-corrected chi connectivity index (χ4v) is 0.494. The highest BCUT2D eigenvalue weighted by molar-refractivity contribution is 4.38. The predicted octanol–water partition coefficient (Wildman–Crippen LogP) is 3.03. The van der Waals surface area contributed by atoms with Crippen molar-refractivity contribution in [2.24, 2.45) is 0 Å². The van der Waals surface area contributed by atoms with Crippen molar-refractivity contribution in [3.63, 3.8) is 0 Å². The van der Waals surface area contributed by atoms with E-state index in [1.807, 2.05) is 27.7 Å². The normalized spacial score (nSPS) is 8.31. The van der Waals surface area contributed by atoms with Gasteiger partial charge >= 0.3 is 0 Å². The summed E-state index contributed by atoms with van der Waals surface area (Å²) in [6.45, 7) is 12.9. The maximum absolute atomic E-state index is 5.25. The molecule has 0 bridgehead atoms. The molecule has 84 valence electrons. The second-order valence-corrected chi connectivity index (χ2v) is 2.42. The average Bonchev–Trinajstić information content (AvgIpc) is 2.19. The number of ether oxygens (including phenoxy) is 1. The quantitative estimate of drug-likeness (QED) is 0.619. The van der Waals surface area contributed by atoms with Crippen molar-refractivity contribution in [3.05, 3.63) is 0 Å². The zero-order chi connectivity index (χ0) is 11.1. The highest BCUT2D eigenvalue weighted by atomic mass is 16.5. The van der Waals surface area contributed by atoms with E-state index >= 15 is 0 Å². The van der Waals surface area contributed by atoms with Crippen LogP contribution in [0.3, 0.4) is 0 Å². The lowest BCUT2D eigenvalue weighted by Crippen LogP contribution is -2.18. The fourth-order valence-electron chi connectivity index (χ4n) is 0.494. The van der Waals surface area contributed by atoms with Gasteiger partial charge in [-0.1, -0.05) is 34.6 Å². The van der Waals surface area contributed by atoms with E-state index in [0.717, 1.165) is 26.2 Å². The molecule has 0 saturated heterocycles. The Morgan fingerprint density at radius 2 is 1.38 bits per heavy atom. The van der Waals surface area contributed by atoms with Gasteiger partial charge in [-0.05, 0) is 20.5 Å². The Balaban J connectivity index is -0.000000218. The minimum absolute atomic E-state index is 0.862. The lowest BCUT2D eigenvalue weighted by molar-refractivity contribution is 0.118. The predicted molar refractivity (Wildman–Crippen MR) is 62.4 cm³/mol. The van der Waals surface area contributed by atoms with Crippen molar-refractivity contribution >= 4 is 0 Å². The zero-order valence-corrected chi connectivity index (χ0v) is 10.7. The van der Waals surface area contributed by atoms with Gasteiger partial charge in [0, 0.05) is 13.2 Å². The van der Waals surface area contributed by atoms with Crippen molar-refractivity contribution in [3.8, 4) is 0 Å². The van der Waals surface area contributed by atoms with Crippen LogP contribution in [-0.4, -0.2) is 38.8 Å². The molecule has 0 heterocycles. The van der Waals surface area contributed by atoms with Crippen LogP contribution in [0.2, 0.25) is 0 Å². The second kappa shape index (κ2) is 22.7. The molecule has 0 N–H and O–H groups in total. The number of hydrogen-bond acceptors (Lipinski definition) is 2. The Bertz CT molecular complexity index is 56.1. The highest BCUT2D eigenvalue weighted by Gasteiger charge is 1.87. The van der Waals surface area contributed by atoms with E-state index < -0.39 is 0 Å². The molecule has 0 aromatic heterocycles. The van der Waals surface area contributed by atoms with E-state index in [2.05, 4.69) is 25.9 Å². The monoisotopic (exact) mass is 191 g/mol. The molecule has 2 nitrogen and oxygen atoms in total. The number of hydrogen-bond donors (Lipinski definition) is 0. The number of likely N-dealkylation sites (N-methyl/N-ethyl adjacent to an activating group) is 1. The molecule has 0 aliphatic rings. The van der Waals surface area contributed by atoms with E-state index in [9.17, 15) is 0 Å². The van der Waals surface area contributed by atoms with Crippen LogP contribution < -0.4 is 0 Å². The molecule has 0 amide bonds. The van der Waals surface area contributed by atoms with Gasteiger partial charge in [-0.2, -0.15) is 0 Å². The average molecular weight is 191 g/mol. The first-order valence-electron chi connectivity index (χ1n) is 5.50. The van der Waals surface area contributed by atoms with Crippen molar-refractivity contribution in [2.75, 3.05) is 33.9 Å². The smallest absolute Gasteiger partial charge is 0.0593 e. The molecule has 13 heavy (non-hydrogen) atoms.